The summed E-state index contributed by atoms with van der Waals surface area (Å²) in [5.74, 6) is 0.870. The van der Waals surface area contributed by atoms with Crippen LogP contribution < -0.4 is 10.1 Å². The predicted molar refractivity (Wildman–Crippen MR) is 75.0 cm³/mol. The van der Waals surface area contributed by atoms with E-state index in [1.54, 1.807) is 6.92 Å². The predicted octanol–water partition coefficient (Wildman–Crippen LogP) is 1.98. The highest BCUT2D eigenvalue weighted by Crippen LogP contribution is 2.10. The van der Waals surface area contributed by atoms with Gasteiger partial charge in [0.2, 0.25) is 0 Å². The molecule has 2 unspecified atom stereocenters. The van der Waals surface area contributed by atoms with Gasteiger partial charge in [-0.2, -0.15) is 0 Å². The first-order valence-electron chi connectivity index (χ1n) is 6.73. The molecule has 1 aromatic rings. The summed E-state index contributed by atoms with van der Waals surface area (Å²) in [4.78, 5) is 11.8. The second kappa shape index (κ2) is 8.53. The van der Waals surface area contributed by atoms with Gasteiger partial charge in [-0.15, -0.1) is 0 Å². The van der Waals surface area contributed by atoms with E-state index in [9.17, 15) is 4.79 Å². The molecule has 19 heavy (non-hydrogen) atoms. The fourth-order valence-corrected chi connectivity index (χ4v) is 1.65. The molecule has 2 N–H and O–H groups in total. The van der Waals surface area contributed by atoms with Crippen LogP contribution in [-0.4, -0.2) is 30.3 Å². The second-order valence-corrected chi connectivity index (χ2v) is 4.79. The van der Waals surface area contributed by atoms with Crippen LogP contribution in [0.15, 0.2) is 30.3 Å². The minimum absolute atomic E-state index is 0.111. The molecule has 1 amide bonds. The van der Waals surface area contributed by atoms with E-state index >= 15 is 0 Å². The molecule has 0 saturated heterocycles. The zero-order valence-electron chi connectivity index (χ0n) is 11.6. The van der Waals surface area contributed by atoms with E-state index in [-0.39, 0.29) is 18.4 Å². The molecular formula is C15H23NO3. The highest BCUT2D eigenvalue weighted by Gasteiger charge is 2.13. The van der Waals surface area contributed by atoms with E-state index in [1.807, 2.05) is 37.3 Å². The quantitative estimate of drug-likeness (QED) is 0.707. The van der Waals surface area contributed by atoms with Crippen molar-refractivity contribution in [2.24, 2.45) is 5.92 Å². The minimum Gasteiger partial charge on any atom is -0.481 e. The number of para-hydroxylation sites is 1. The van der Waals surface area contributed by atoms with Crippen molar-refractivity contribution < 1.29 is 14.6 Å². The maximum absolute atomic E-state index is 11.8. The fraction of sp³-hybridized carbons (Fsp3) is 0.533. The van der Waals surface area contributed by atoms with Crippen molar-refractivity contribution in [1.82, 2.24) is 5.32 Å². The molecule has 0 aliphatic rings. The standard InChI is InChI=1S/C15H23NO3/c1-12(11-17)7-6-10-16-15(18)13(2)19-14-8-4-3-5-9-14/h3-5,8-9,12-13,17H,6-7,10-11H2,1-2H3,(H,16,18). The van der Waals surface area contributed by atoms with Gasteiger partial charge < -0.3 is 15.2 Å². The molecule has 1 aromatic carbocycles. The van der Waals surface area contributed by atoms with Crippen molar-refractivity contribution in [2.45, 2.75) is 32.8 Å². The van der Waals surface area contributed by atoms with Crippen LogP contribution in [0.5, 0.6) is 5.75 Å². The molecule has 0 aromatic heterocycles. The molecule has 0 aliphatic carbocycles. The Balaban J connectivity index is 2.22. The van der Waals surface area contributed by atoms with Gasteiger partial charge in [0, 0.05) is 13.2 Å². The van der Waals surface area contributed by atoms with Gasteiger partial charge in [0.15, 0.2) is 6.10 Å². The number of nitrogens with one attached hydrogen (secondary N) is 1. The van der Waals surface area contributed by atoms with Crippen LogP contribution in [0.3, 0.4) is 0 Å². The van der Waals surface area contributed by atoms with E-state index in [0.29, 0.717) is 12.3 Å². The van der Waals surface area contributed by atoms with Crippen LogP contribution in [0.2, 0.25) is 0 Å². The number of amides is 1. The van der Waals surface area contributed by atoms with E-state index in [4.69, 9.17) is 9.84 Å². The molecule has 0 radical (unpaired) electrons. The number of aliphatic hydroxyl groups is 1. The van der Waals surface area contributed by atoms with Crippen molar-refractivity contribution in [3.8, 4) is 5.75 Å². The number of benzene rings is 1. The van der Waals surface area contributed by atoms with Crippen LogP contribution in [0.4, 0.5) is 0 Å². The number of carbonyl (C=O) groups is 1. The third-order valence-corrected chi connectivity index (χ3v) is 2.91. The minimum atomic E-state index is -0.502. The highest BCUT2D eigenvalue weighted by molar-refractivity contribution is 5.80. The molecule has 0 bridgehead atoms. The zero-order chi connectivity index (χ0) is 14.1. The van der Waals surface area contributed by atoms with Crippen LogP contribution >= 0.6 is 0 Å². The molecule has 0 fully saturated rings. The van der Waals surface area contributed by atoms with Gasteiger partial charge in [0.25, 0.3) is 5.91 Å². The average Bonchev–Trinajstić information content (AvgIpc) is 2.44. The number of hydrogen-bond acceptors (Lipinski definition) is 3. The van der Waals surface area contributed by atoms with E-state index in [0.717, 1.165) is 12.8 Å². The summed E-state index contributed by atoms with van der Waals surface area (Å²) in [7, 11) is 0. The third kappa shape index (κ3) is 6.25. The first-order chi connectivity index (χ1) is 9.13. The summed E-state index contributed by atoms with van der Waals surface area (Å²) < 4.78 is 5.52. The molecular weight excluding hydrogens is 242 g/mol. The maximum Gasteiger partial charge on any atom is 0.260 e. The summed E-state index contributed by atoms with van der Waals surface area (Å²) in [5, 5.41) is 11.7. The lowest BCUT2D eigenvalue weighted by Crippen LogP contribution is -2.36. The van der Waals surface area contributed by atoms with Gasteiger partial charge in [-0.3, -0.25) is 4.79 Å². The van der Waals surface area contributed by atoms with Gasteiger partial charge >= 0.3 is 0 Å². The Morgan fingerprint density at radius 2 is 2.00 bits per heavy atom. The van der Waals surface area contributed by atoms with Crippen LogP contribution in [0.25, 0.3) is 0 Å². The lowest BCUT2D eigenvalue weighted by atomic mass is 10.1. The Morgan fingerprint density at radius 3 is 2.63 bits per heavy atom. The maximum atomic E-state index is 11.8. The summed E-state index contributed by atoms with van der Waals surface area (Å²) in [5.41, 5.74) is 0. The average molecular weight is 265 g/mol. The van der Waals surface area contributed by atoms with Crippen molar-refractivity contribution in [3.05, 3.63) is 30.3 Å². The topological polar surface area (TPSA) is 58.6 Å². The molecule has 2 atom stereocenters. The highest BCUT2D eigenvalue weighted by atomic mass is 16.5. The normalized spacial score (nSPS) is 13.6. The van der Waals surface area contributed by atoms with Crippen LogP contribution in [-0.2, 0) is 4.79 Å². The van der Waals surface area contributed by atoms with Crippen molar-refractivity contribution in [2.75, 3.05) is 13.2 Å². The van der Waals surface area contributed by atoms with E-state index < -0.39 is 6.10 Å². The van der Waals surface area contributed by atoms with E-state index in [1.165, 1.54) is 0 Å². The third-order valence-electron chi connectivity index (χ3n) is 2.91. The van der Waals surface area contributed by atoms with Gasteiger partial charge in [0.05, 0.1) is 0 Å². The first-order valence-corrected chi connectivity index (χ1v) is 6.73. The van der Waals surface area contributed by atoms with Crippen molar-refractivity contribution in [3.63, 3.8) is 0 Å². The zero-order valence-corrected chi connectivity index (χ0v) is 11.6. The van der Waals surface area contributed by atoms with Gasteiger partial charge in [-0.05, 0) is 37.8 Å². The summed E-state index contributed by atoms with van der Waals surface area (Å²) in [6, 6.07) is 9.30. The molecule has 0 heterocycles. The van der Waals surface area contributed by atoms with Gasteiger partial charge in [-0.25, -0.2) is 0 Å². The first kappa shape index (κ1) is 15.5. The molecule has 0 spiro atoms. The summed E-state index contributed by atoms with van der Waals surface area (Å²) in [6.45, 7) is 4.54. The molecule has 106 valence electrons. The van der Waals surface area contributed by atoms with Crippen molar-refractivity contribution >= 4 is 5.91 Å². The Labute approximate surface area is 114 Å². The number of rotatable bonds is 8. The second-order valence-electron chi connectivity index (χ2n) is 4.79. The van der Waals surface area contributed by atoms with Crippen LogP contribution in [0, 0.1) is 5.92 Å². The summed E-state index contributed by atoms with van der Waals surface area (Å²) in [6.07, 6.45) is 1.27. The lowest BCUT2D eigenvalue weighted by molar-refractivity contribution is -0.127. The fourth-order valence-electron chi connectivity index (χ4n) is 1.65. The van der Waals surface area contributed by atoms with Crippen molar-refractivity contribution in [1.29, 1.82) is 0 Å². The smallest absolute Gasteiger partial charge is 0.260 e. The Bertz CT molecular complexity index is 367. The molecule has 4 heteroatoms. The number of ether oxygens (including phenoxy) is 1. The number of carbonyl (C=O) groups excluding carboxylic acids is 1. The monoisotopic (exact) mass is 265 g/mol. The van der Waals surface area contributed by atoms with E-state index in [2.05, 4.69) is 5.32 Å². The largest absolute Gasteiger partial charge is 0.481 e. The Morgan fingerprint density at radius 1 is 1.32 bits per heavy atom. The lowest BCUT2D eigenvalue weighted by Gasteiger charge is -2.15. The van der Waals surface area contributed by atoms with Crippen LogP contribution in [0.1, 0.15) is 26.7 Å². The molecule has 1 rings (SSSR count). The molecule has 0 saturated carbocycles. The number of hydrogen-bond donors (Lipinski definition) is 2. The Kier molecular flexibility index (Phi) is 6.97. The molecule has 0 aliphatic heterocycles. The number of aliphatic hydroxyl groups excluding tert-OH is 1. The summed E-state index contributed by atoms with van der Waals surface area (Å²) >= 11 is 0. The SMILES string of the molecule is CC(CO)CCCNC(=O)C(C)Oc1ccccc1. The van der Waals surface area contributed by atoms with Gasteiger partial charge in [-0.1, -0.05) is 25.1 Å². The Hall–Kier alpha value is -1.55. The van der Waals surface area contributed by atoms with Gasteiger partial charge in [0.1, 0.15) is 5.75 Å². The molecule has 4 nitrogen and oxygen atoms in total.